The summed E-state index contributed by atoms with van der Waals surface area (Å²) in [6, 6.07) is 27.9. The predicted molar refractivity (Wildman–Crippen MR) is 456 cm³/mol. The van der Waals surface area contributed by atoms with Crippen LogP contribution in [-0.4, -0.2) is 229 Å². The number of nitrogens with zero attached hydrogens (tertiary/aromatic N) is 13. The molecule has 4 aromatic carbocycles. The molecule has 4 aliphatic carbocycles. The van der Waals surface area contributed by atoms with Crippen molar-refractivity contribution in [1.29, 1.82) is 0 Å². The molecule has 28 heteroatoms. The number of piperazine rings is 2. The molecule has 5 aliphatic heterocycles. The summed E-state index contributed by atoms with van der Waals surface area (Å²) in [6.07, 6.45) is 23.2. The lowest BCUT2D eigenvalue weighted by Gasteiger charge is -2.37. The molecular weight excluding hydrogens is 1510 g/mol. The number of aromatic nitrogens is 7. The normalized spacial score (nSPS) is 19.4. The first-order valence-corrected chi connectivity index (χ1v) is 43.0. The number of carbonyl (C=O) groups excluding carboxylic acids is 3. The number of para-hydroxylation sites is 1. The number of piperidine rings is 2. The standard InChI is InChI=1S/C24H26N2O4S.C22H33N3O5.C21H23FN4.C21H27N7S/c1-3-16-8-9-17-14-22(28)19(13-18(17)12-16)15-26(10-11-27)24(31)25-21-7-5-4-6-20(21)23(29)30-2;1-27-17-4-6-19(28-2)18(12-17)23-22(26)14-25-9-7-24(8-10-25)13-16-3-5-20-21(11-16)30-15-29-20;22-16-8-6-7-15(13-16)19-14-20-23-18-10-3-2-9-17(18)21(26(20)24-19)25-11-4-1-5-12-25;1-4-10-27(11-5-1)19-15-7-3-2-6-14(15)16-17-18(29-21(16)23-19)20(25-26-24-17)28-12-8-22-9-13-28/h4-9,12-13,27H,3,10-11,14-15H2,1-2H3,(H,25,31);3,5,11,17-19H,4,6-10,12-15H2,1-2H3,(H,23,26);6-8,13-14H,1-5,9-12H2;22H,1-13H2. The van der Waals surface area contributed by atoms with Gasteiger partial charge in [0.05, 0.1) is 55.5 Å². The topological polar surface area (TPSA) is 255 Å². The zero-order valence-electron chi connectivity index (χ0n) is 67.4. The minimum absolute atomic E-state index is 0.0218. The molecule has 0 radical (unpaired) electrons. The molecule has 9 aliphatic rings. The lowest BCUT2D eigenvalue weighted by atomic mass is 9.89. The average molecular weight is 1620 g/mol. The van der Waals surface area contributed by atoms with Gasteiger partial charge in [-0.25, -0.2) is 19.2 Å². The summed E-state index contributed by atoms with van der Waals surface area (Å²) in [5.41, 5.74) is 15.1. The van der Waals surface area contributed by atoms with Gasteiger partial charge in [-0.05, 0) is 209 Å². The molecule has 0 bridgehead atoms. The van der Waals surface area contributed by atoms with Crippen LogP contribution in [0, 0.1) is 5.82 Å². The number of halogens is 1. The van der Waals surface area contributed by atoms with Crippen LogP contribution in [0.5, 0.6) is 11.5 Å². The molecular formula is C88H109FN16O9S2. The molecule has 25 nitrogen and oxygen atoms in total. The van der Waals surface area contributed by atoms with Crippen molar-refractivity contribution in [3.8, 4) is 22.8 Å². The first kappa shape index (κ1) is 81.7. The molecule has 5 aromatic heterocycles. The first-order valence-electron chi connectivity index (χ1n) is 41.8. The number of Topliss-reactive ketones (excluding diaryl/α,β-unsaturated/α-hetero) is 1. The zero-order chi connectivity index (χ0) is 80.0. The summed E-state index contributed by atoms with van der Waals surface area (Å²) in [7, 11) is 4.77. The maximum atomic E-state index is 13.7. The van der Waals surface area contributed by atoms with Crippen molar-refractivity contribution < 1.29 is 47.6 Å². The molecule has 18 rings (SSSR count). The third kappa shape index (κ3) is 19.2. The second-order valence-corrected chi connectivity index (χ2v) is 32.9. The molecule has 5 fully saturated rings. The number of pyridine rings is 1. The van der Waals surface area contributed by atoms with Crippen LogP contribution in [0.2, 0.25) is 0 Å². The van der Waals surface area contributed by atoms with Crippen LogP contribution < -0.4 is 40.1 Å². The van der Waals surface area contributed by atoms with Crippen molar-refractivity contribution >= 4 is 102 Å². The molecule has 614 valence electrons. The number of fused-ring (bicyclic) bond motifs is 9. The van der Waals surface area contributed by atoms with Gasteiger partial charge in [-0.2, -0.15) is 9.61 Å². The average Bonchev–Trinajstić information content (AvgIpc) is 1.56. The Balaban J connectivity index is 0.000000122. The number of aliphatic hydroxyl groups excluding tert-OH is 1. The molecule has 9 aromatic rings. The quantitative estimate of drug-likeness (QED) is 0.0460. The van der Waals surface area contributed by atoms with E-state index in [1.165, 1.54) is 128 Å². The van der Waals surface area contributed by atoms with E-state index >= 15 is 0 Å². The number of thiocarbonyl (C=S) groups is 1. The fraction of sp³-hybridized carbons (Fsp3) is 0.500. The maximum absolute atomic E-state index is 13.7. The van der Waals surface area contributed by atoms with Crippen LogP contribution in [0.25, 0.3) is 43.4 Å². The Morgan fingerprint density at radius 1 is 0.733 bits per heavy atom. The molecule has 10 heterocycles. The highest BCUT2D eigenvalue weighted by Crippen LogP contribution is 2.44. The number of benzene rings is 4. The van der Waals surface area contributed by atoms with Crippen LogP contribution in [0.3, 0.4) is 0 Å². The summed E-state index contributed by atoms with van der Waals surface area (Å²) >= 11 is 7.31. The predicted octanol–water partition coefficient (Wildman–Crippen LogP) is 11.8. The number of methoxy groups -OCH3 is 3. The largest absolute Gasteiger partial charge is 0.465 e. The number of amides is 1. The fourth-order valence-corrected chi connectivity index (χ4v) is 19.1. The molecule has 4 saturated heterocycles. The summed E-state index contributed by atoms with van der Waals surface area (Å²) < 4.78 is 43.6. The van der Waals surface area contributed by atoms with Crippen molar-refractivity contribution in [2.24, 2.45) is 0 Å². The number of aliphatic hydroxyl groups is 1. The monoisotopic (exact) mass is 1620 g/mol. The molecule has 3 atom stereocenters. The number of ether oxygens (including phenoxy) is 5. The Bertz CT molecular complexity index is 5000. The van der Waals surface area contributed by atoms with Gasteiger partial charge in [0.25, 0.3) is 0 Å². The van der Waals surface area contributed by atoms with Crippen LogP contribution in [0.4, 0.5) is 27.5 Å². The van der Waals surface area contributed by atoms with Crippen molar-refractivity contribution in [3.63, 3.8) is 0 Å². The lowest BCUT2D eigenvalue weighted by Crippen LogP contribution is -2.53. The highest BCUT2D eigenvalue weighted by Gasteiger charge is 2.35. The van der Waals surface area contributed by atoms with E-state index in [-0.39, 0.29) is 55.5 Å². The number of hydrogen-bond acceptors (Lipinski definition) is 23. The number of nitrogens with one attached hydrogen (secondary N) is 3. The third-order valence-corrected chi connectivity index (χ3v) is 25.4. The molecule has 0 spiro atoms. The first-order chi connectivity index (χ1) is 56.8. The number of aryl methyl sites for hydroxylation is 3. The van der Waals surface area contributed by atoms with Gasteiger partial charge in [0.15, 0.2) is 33.9 Å². The fourth-order valence-electron chi connectivity index (χ4n) is 17.7. The Morgan fingerprint density at radius 3 is 2.22 bits per heavy atom. The van der Waals surface area contributed by atoms with E-state index in [4.69, 9.17) is 51.0 Å². The van der Waals surface area contributed by atoms with Crippen LogP contribution in [-0.2, 0) is 68.9 Å². The molecule has 1 amide bonds. The van der Waals surface area contributed by atoms with E-state index in [0.717, 1.165) is 197 Å². The Morgan fingerprint density at radius 2 is 1.47 bits per heavy atom. The van der Waals surface area contributed by atoms with E-state index in [0.29, 0.717) is 41.7 Å². The smallest absolute Gasteiger partial charge is 0.339 e. The van der Waals surface area contributed by atoms with Gasteiger partial charge in [0.1, 0.15) is 32.5 Å². The Kier molecular flexibility index (Phi) is 27.3. The lowest BCUT2D eigenvalue weighted by molar-refractivity contribution is -0.125. The van der Waals surface area contributed by atoms with Gasteiger partial charge in [-0.1, -0.05) is 55.5 Å². The van der Waals surface area contributed by atoms with Gasteiger partial charge in [-0.3, -0.25) is 19.4 Å². The SMILES string of the molecule is C1CCN(c2nc3sc4c(N5CCNCC5)nnnc4c3c3c2CCCC3)CC1.CCc1ccc2c(c1)C=C(CN(CCO)C(=S)Nc1ccccc1C(=O)OC)C(=O)C2.COC1CCC(OC)C(NC(=O)CN2CCN(Cc3ccc4c(c3)OCO4)CC2)C1.Fc1cccc(-c2cc3nc4c(c(N5CCCCC5)n3n2)CCCC4)c1. The highest BCUT2D eigenvalue weighted by atomic mass is 32.1. The van der Waals surface area contributed by atoms with Crippen molar-refractivity contribution in [3.05, 3.63) is 153 Å². The second kappa shape index (κ2) is 38.8. The van der Waals surface area contributed by atoms with E-state index in [9.17, 15) is 23.9 Å². The van der Waals surface area contributed by atoms with Crippen molar-refractivity contribution in [2.75, 3.05) is 153 Å². The van der Waals surface area contributed by atoms with Crippen LogP contribution in [0.15, 0.2) is 96.6 Å². The zero-order valence-corrected chi connectivity index (χ0v) is 69.0. The number of carbonyl (C=O) groups is 3. The summed E-state index contributed by atoms with van der Waals surface area (Å²) in [5, 5.41) is 38.8. The number of thiophene rings is 1. The second-order valence-electron chi connectivity index (χ2n) is 31.5. The Labute approximate surface area is 687 Å². The maximum Gasteiger partial charge on any atom is 0.339 e. The summed E-state index contributed by atoms with van der Waals surface area (Å²) in [5.74, 6) is 4.52. The third-order valence-electron chi connectivity index (χ3n) is 23.9. The van der Waals surface area contributed by atoms with E-state index in [2.05, 4.69) is 87.0 Å². The van der Waals surface area contributed by atoms with Gasteiger partial charge in [0.2, 0.25) is 12.7 Å². The minimum atomic E-state index is -0.479. The molecule has 1 saturated carbocycles. The number of anilines is 4. The minimum Gasteiger partial charge on any atom is -0.465 e. The number of rotatable bonds is 18. The molecule has 3 unspecified atom stereocenters. The van der Waals surface area contributed by atoms with E-state index in [1.807, 2.05) is 34.9 Å². The molecule has 116 heavy (non-hydrogen) atoms. The number of esters is 1. The van der Waals surface area contributed by atoms with Crippen molar-refractivity contribution in [2.45, 2.75) is 154 Å². The molecule has 4 N–H and O–H groups in total. The van der Waals surface area contributed by atoms with Gasteiger partial charge in [0, 0.05) is 153 Å². The van der Waals surface area contributed by atoms with Crippen LogP contribution in [0.1, 0.15) is 145 Å². The Hall–Kier alpha value is -9.39. The van der Waals surface area contributed by atoms with Crippen molar-refractivity contribution in [1.82, 2.24) is 60.3 Å². The van der Waals surface area contributed by atoms with E-state index < -0.39 is 5.97 Å². The van der Waals surface area contributed by atoms with Gasteiger partial charge >= 0.3 is 5.97 Å². The summed E-state index contributed by atoms with van der Waals surface area (Å²) in [4.78, 5) is 62.4. The highest BCUT2D eigenvalue weighted by molar-refractivity contribution is 7.80. The number of hydrogen-bond donors (Lipinski definition) is 4. The van der Waals surface area contributed by atoms with Gasteiger partial charge in [-0.15, -0.1) is 21.5 Å². The van der Waals surface area contributed by atoms with E-state index in [1.54, 1.807) is 66.9 Å². The van der Waals surface area contributed by atoms with Gasteiger partial charge < -0.3 is 64.3 Å². The number of ketones is 1. The summed E-state index contributed by atoms with van der Waals surface area (Å²) in [6.45, 7) is 16.1. The van der Waals surface area contributed by atoms with Crippen LogP contribution >= 0.6 is 23.6 Å².